The number of ether oxygens (including phenoxy) is 1. The van der Waals surface area contributed by atoms with Crippen LogP contribution in [-0.2, 0) is 14.8 Å². The molecule has 0 aliphatic heterocycles. The Morgan fingerprint density at radius 3 is 2.33 bits per heavy atom. The second kappa shape index (κ2) is 8.98. The summed E-state index contributed by atoms with van der Waals surface area (Å²) >= 11 is 5.98. The molecule has 7 nitrogen and oxygen atoms in total. The van der Waals surface area contributed by atoms with Crippen molar-refractivity contribution in [2.75, 3.05) is 17.1 Å². The first-order chi connectivity index (χ1) is 14.3. The lowest BCUT2D eigenvalue weighted by molar-refractivity contribution is 0.0600. The molecule has 0 saturated heterocycles. The number of hydrogen-bond donors (Lipinski definition) is 2. The van der Waals surface area contributed by atoms with Crippen LogP contribution in [0, 0.1) is 0 Å². The topological polar surface area (TPSA) is 102 Å². The highest BCUT2D eigenvalue weighted by Gasteiger charge is 2.16. The number of esters is 1. The minimum Gasteiger partial charge on any atom is -0.465 e. The van der Waals surface area contributed by atoms with Gasteiger partial charge in [0.1, 0.15) is 0 Å². The molecule has 1 amide bonds. The molecule has 0 heterocycles. The van der Waals surface area contributed by atoms with Crippen molar-refractivity contribution < 1.29 is 22.7 Å². The van der Waals surface area contributed by atoms with Crippen LogP contribution in [0.4, 0.5) is 11.4 Å². The summed E-state index contributed by atoms with van der Waals surface area (Å²) in [5.74, 6) is -1.12. The zero-order valence-electron chi connectivity index (χ0n) is 15.8. The van der Waals surface area contributed by atoms with Gasteiger partial charge < -0.3 is 10.1 Å². The monoisotopic (exact) mass is 444 g/mol. The number of methoxy groups -OCH3 is 1. The van der Waals surface area contributed by atoms with Gasteiger partial charge in [0.05, 0.1) is 22.6 Å². The molecule has 0 fully saturated rings. The van der Waals surface area contributed by atoms with Crippen LogP contribution in [0.3, 0.4) is 0 Å². The van der Waals surface area contributed by atoms with E-state index in [-0.39, 0.29) is 26.7 Å². The lowest BCUT2D eigenvalue weighted by Gasteiger charge is -2.11. The Balaban J connectivity index is 1.79. The summed E-state index contributed by atoms with van der Waals surface area (Å²) in [4.78, 5) is 24.5. The van der Waals surface area contributed by atoms with Crippen molar-refractivity contribution in [2.45, 2.75) is 4.90 Å². The fourth-order valence-electron chi connectivity index (χ4n) is 2.61. The third-order valence-electron chi connectivity index (χ3n) is 4.06. The highest BCUT2D eigenvalue weighted by Crippen LogP contribution is 2.23. The number of nitrogens with one attached hydrogen (secondary N) is 2. The fraction of sp³-hybridized carbons (Fsp3) is 0.0476. The Morgan fingerprint density at radius 1 is 0.900 bits per heavy atom. The van der Waals surface area contributed by atoms with Crippen LogP contribution in [0.5, 0.6) is 0 Å². The van der Waals surface area contributed by atoms with Gasteiger partial charge in [-0.25, -0.2) is 13.2 Å². The van der Waals surface area contributed by atoms with Crippen molar-refractivity contribution in [3.05, 3.63) is 88.9 Å². The molecule has 0 aliphatic carbocycles. The standard InChI is InChI=1S/C21H17ClN2O5S/c1-29-21(26)18-13-15(10-11-19(18)22)23-20(25)14-6-5-7-16(12-14)24-30(27,28)17-8-3-2-4-9-17/h2-13,24H,1H3,(H,23,25). The summed E-state index contributed by atoms with van der Waals surface area (Å²) in [6, 6.07) is 18.3. The second-order valence-electron chi connectivity index (χ2n) is 6.14. The highest BCUT2D eigenvalue weighted by molar-refractivity contribution is 7.92. The van der Waals surface area contributed by atoms with Crippen molar-refractivity contribution in [1.82, 2.24) is 0 Å². The van der Waals surface area contributed by atoms with Crippen LogP contribution in [0.25, 0.3) is 0 Å². The first-order valence-electron chi connectivity index (χ1n) is 8.67. The normalized spacial score (nSPS) is 10.9. The lowest BCUT2D eigenvalue weighted by Crippen LogP contribution is -2.15. The Labute approximate surface area is 178 Å². The molecule has 0 unspecified atom stereocenters. The molecule has 3 rings (SSSR count). The highest BCUT2D eigenvalue weighted by atomic mass is 35.5. The Hall–Kier alpha value is -3.36. The van der Waals surface area contributed by atoms with Gasteiger partial charge in [-0.3, -0.25) is 9.52 Å². The van der Waals surface area contributed by atoms with E-state index < -0.39 is 21.9 Å². The summed E-state index contributed by atoms with van der Waals surface area (Å²) in [5, 5.41) is 2.84. The number of carbonyl (C=O) groups is 2. The maximum atomic E-state index is 12.6. The molecule has 0 saturated carbocycles. The largest absolute Gasteiger partial charge is 0.465 e. The van der Waals surface area contributed by atoms with Crippen LogP contribution in [0.1, 0.15) is 20.7 Å². The first-order valence-corrected chi connectivity index (χ1v) is 10.5. The van der Waals surface area contributed by atoms with Crippen LogP contribution >= 0.6 is 11.6 Å². The number of rotatable bonds is 6. The zero-order chi connectivity index (χ0) is 21.7. The molecule has 0 bridgehead atoms. The minimum atomic E-state index is -3.79. The van der Waals surface area contributed by atoms with Crippen molar-refractivity contribution in [1.29, 1.82) is 0 Å². The number of benzene rings is 3. The molecule has 0 aromatic heterocycles. The molecule has 154 valence electrons. The van der Waals surface area contributed by atoms with Crippen LogP contribution in [0.2, 0.25) is 5.02 Å². The number of carbonyl (C=O) groups excluding carboxylic acids is 2. The van der Waals surface area contributed by atoms with Crippen molar-refractivity contribution in [2.24, 2.45) is 0 Å². The summed E-state index contributed by atoms with van der Waals surface area (Å²) in [5.41, 5.74) is 0.900. The average Bonchev–Trinajstić information content (AvgIpc) is 2.75. The summed E-state index contributed by atoms with van der Waals surface area (Å²) < 4.78 is 32.0. The quantitative estimate of drug-likeness (QED) is 0.555. The zero-order valence-corrected chi connectivity index (χ0v) is 17.3. The van der Waals surface area contributed by atoms with E-state index in [4.69, 9.17) is 11.6 Å². The minimum absolute atomic E-state index is 0.108. The Bertz CT molecular complexity index is 1200. The molecule has 0 aliphatic rings. The summed E-state index contributed by atoms with van der Waals surface area (Å²) in [6.07, 6.45) is 0. The molecule has 3 aromatic carbocycles. The van der Waals surface area contributed by atoms with Gasteiger partial charge in [0.15, 0.2) is 0 Å². The maximum absolute atomic E-state index is 12.6. The smallest absolute Gasteiger partial charge is 0.339 e. The molecule has 0 spiro atoms. The number of hydrogen-bond acceptors (Lipinski definition) is 5. The van der Waals surface area contributed by atoms with E-state index >= 15 is 0 Å². The molecule has 30 heavy (non-hydrogen) atoms. The predicted molar refractivity (Wildman–Crippen MR) is 114 cm³/mol. The van der Waals surface area contributed by atoms with Gasteiger partial charge in [-0.15, -0.1) is 0 Å². The third-order valence-corrected chi connectivity index (χ3v) is 5.79. The van der Waals surface area contributed by atoms with Crippen LogP contribution in [-0.4, -0.2) is 27.4 Å². The summed E-state index contributed by atoms with van der Waals surface area (Å²) in [6.45, 7) is 0. The van der Waals surface area contributed by atoms with Crippen LogP contribution < -0.4 is 10.0 Å². The number of sulfonamides is 1. The molecule has 9 heteroatoms. The molecule has 2 N–H and O–H groups in total. The van der Waals surface area contributed by atoms with Crippen LogP contribution in [0.15, 0.2) is 77.7 Å². The van der Waals surface area contributed by atoms with E-state index in [0.717, 1.165) is 0 Å². The SMILES string of the molecule is COC(=O)c1cc(NC(=O)c2cccc(NS(=O)(=O)c3ccccc3)c2)ccc1Cl. The maximum Gasteiger partial charge on any atom is 0.339 e. The van der Waals surface area contributed by atoms with E-state index in [9.17, 15) is 18.0 Å². The van der Waals surface area contributed by atoms with E-state index in [1.807, 2.05) is 0 Å². The van der Waals surface area contributed by atoms with Gasteiger partial charge in [-0.05, 0) is 48.5 Å². The van der Waals surface area contributed by atoms with Gasteiger partial charge in [0, 0.05) is 16.9 Å². The van der Waals surface area contributed by atoms with E-state index in [1.165, 1.54) is 55.6 Å². The Morgan fingerprint density at radius 2 is 1.63 bits per heavy atom. The van der Waals surface area contributed by atoms with Crippen molar-refractivity contribution in [3.8, 4) is 0 Å². The number of halogens is 1. The second-order valence-corrected chi connectivity index (χ2v) is 8.23. The fourth-order valence-corrected chi connectivity index (χ4v) is 3.88. The first kappa shape index (κ1) is 21.4. The molecular formula is C21H17ClN2O5S. The van der Waals surface area contributed by atoms with Crippen molar-refractivity contribution >= 4 is 44.9 Å². The third kappa shape index (κ3) is 4.97. The molecule has 0 radical (unpaired) electrons. The van der Waals surface area contributed by atoms with E-state index in [1.54, 1.807) is 24.3 Å². The van der Waals surface area contributed by atoms with E-state index in [0.29, 0.717) is 5.69 Å². The van der Waals surface area contributed by atoms with Crippen molar-refractivity contribution in [3.63, 3.8) is 0 Å². The van der Waals surface area contributed by atoms with Gasteiger partial charge in [0.25, 0.3) is 15.9 Å². The predicted octanol–water partition coefficient (Wildman–Crippen LogP) is 4.18. The van der Waals surface area contributed by atoms with Gasteiger partial charge in [-0.2, -0.15) is 0 Å². The number of amides is 1. The average molecular weight is 445 g/mol. The Kier molecular flexibility index (Phi) is 6.39. The van der Waals surface area contributed by atoms with E-state index in [2.05, 4.69) is 14.8 Å². The lowest BCUT2D eigenvalue weighted by atomic mass is 10.1. The molecule has 0 atom stereocenters. The van der Waals surface area contributed by atoms with Gasteiger partial charge in [0.2, 0.25) is 0 Å². The molecule has 3 aromatic rings. The molecular weight excluding hydrogens is 428 g/mol. The van der Waals surface area contributed by atoms with Gasteiger partial charge in [-0.1, -0.05) is 35.9 Å². The summed E-state index contributed by atoms with van der Waals surface area (Å²) in [7, 11) is -2.56. The van der Waals surface area contributed by atoms with Gasteiger partial charge >= 0.3 is 5.97 Å². The number of anilines is 2.